The van der Waals surface area contributed by atoms with Gasteiger partial charge in [-0.05, 0) is 37.1 Å². The summed E-state index contributed by atoms with van der Waals surface area (Å²) in [6, 6.07) is 8.81. The van der Waals surface area contributed by atoms with Crippen molar-refractivity contribution in [3.8, 4) is 5.75 Å². The third-order valence-corrected chi connectivity index (χ3v) is 5.32. The molecule has 24 heavy (non-hydrogen) atoms. The molecule has 0 unspecified atom stereocenters. The number of hydrogen-bond acceptors (Lipinski definition) is 4. The molecule has 1 aromatic heterocycles. The molecule has 128 valence electrons. The predicted molar refractivity (Wildman–Crippen MR) is 92.1 cm³/mol. The monoisotopic (exact) mass is 327 g/mol. The zero-order chi connectivity index (χ0) is 16.4. The van der Waals surface area contributed by atoms with Crippen LogP contribution in [0.1, 0.15) is 30.9 Å². The van der Waals surface area contributed by atoms with Crippen LogP contribution in [0.4, 0.5) is 0 Å². The van der Waals surface area contributed by atoms with Gasteiger partial charge in [-0.25, -0.2) is 4.98 Å². The van der Waals surface area contributed by atoms with Gasteiger partial charge in [-0.3, -0.25) is 4.90 Å². The van der Waals surface area contributed by atoms with Crippen molar-refractivity contribution in [2.75, 3.05) is 26.8 Å². The standard InChI is InChI=1S/C19H25N3O2/c1-23-18-5-3-16(4-6-18)12-21-9-2-7-19(14-21)11-17(13-24-19)22-10-8-20-15-22/h3-6,8,10,15,17H,2,7,9,11-14H2,1H3/t17-,19-/m1/s1. The highest BCUT2D eigenvalue weighted by molar-refractivity contribution is 5.27. The molecule has 2 fully saturated rings. The van der Waals surface area contributed by atoms with Crippen LogP contribution in [0.3, 0.4) is 0 Å². The number of hydrogen-bond donors (Lipinski definition) is 0. The topological polar surface area (TPSA) is 39.5 Å². The minimum Gasteiger partial charge on any atom is -0.497 e. The molecule has 0 amide bonds. The molecular formula is C19H25N3O2. The molecule has 2 aliphatic rings. The molecule has 5 heteroatoms. The van der Waals surface area contributed by atoms with E-state index in [0.717, 1.165) is 44.8 Å². The van der Waals surface area contributed by atoms with Gasteiger partial charge in [0.1, 0.15) is 5.75 Å². The van der Waals surface area contributed by atoms with E-state index in [1.165, 1.54) is 12.0 Å². The van der Waals surface area contributed by atoms with E-state index in [2.05, 4.69) is 26.6 Å². The summed E-state index contributed by atoms with van der Waals surface area (Å²) in [6.07, 6.45) is 9.25. The maximum Gasteiger partial charge on any atom is 0.118 e. The van der Waals surface area contributed by atoms with Gasteiger partial charge in [-0.1, -0.05) is 12.1 Å². The second-order valence-corrected chi connectivity index (χ2v) is 7.02. The van der Waals surface area contributed by atoms with Crippen LogP contribution < -0.4 is 4.74 Å². The highest BCUT2D eigenvalue weighted by Gasteiger charge is 2.43. The summed E-state index contributed by atoms with van der Waals surface area (Å²) in [4.78, 5) is 6.70. The summed E-state index contributed by atoms with van der Waals surface area (Å²) >= 11 is 0. The number of methoxy groups -OCH3 is 1. The molecule has 2 aliphatic heterocycles. The smallest absolute Gasteiger partial charge is 0.118 e. The van der Waals surface area contributed by atoms with Crippen molar-refractivity contribution in [2.45, 2.75) is 37.5 Å². The Bertz CT molecular complexity index is 656. The molecule has 0 radical (unpaired) electrons. The highest BCUT2D eigenvalue weighted by Crippen LogP contribution is 2.39. The SMILES string of the molecule is COc1ccc(CN2CCC[C@@]3(C[C@@H](n4ccnc4)CO3)C2)cc1. The minimum atomic E-state index is 0.0135. The van der Waals surface area contributed by atoms with Crippen LogP contribution in [0.25, 0.3) is 0 Å². The lowest BCUT2D eigenvalue weighted by Gasteiger charge is -2.39. The Labute approximate surface area is 143 Å². The zero-order valence-corrected chi connectivity index (χ0v) is 14.2. The first-order valence-electron chi connectivity index (χ1n) is 8.73. The molecule has 0 N–H and O–H groups in total. The second-order valence-electron chi connectivity index (χ2n) is 7.02. The van der Waals surface area contributed by atoms with Gasteiger partial charge < -0.3 is 14.0 Å². The van der Waals surface area contributed by atoms with Crippen LogP contribution >= 0.6 is 0 Å². The summed E-state index contributed by atoms with van der Waals surface area (Å²) in [5.41, 5.74) is 1.34. The molecule has 2 saturated heterocycles. The van der Waals surface area contributed by atoms with E-state index in [1.807, 2.05) is 30.9 Å². The van der Waals surface area contributed by atoms with Gasteiger partial charge in [0, 0.05) is 31.9 Å². The van der Waals surface area contributed by atoms with Crippen molar-refractivity contribution in [2.24, 2.45) is 0 Å². The van der Waals surface area contributed by atoms with Crippen molar-refractivity contribution in [1.29, 1.82) is 0 Å². The summed E-state index contributed by atoms with van der Waals surface area (Å²) in [5.74, 6) is 0.913. The maximum absolute atomic E-state index is 6.31. The van der Waals surface area contributed by atoms with E-state index < -0.39 is 0 Å². The molecule has 0 aliphatic carbocycles. The van der Waals surface area contributed by atoms with Gasteiger partial charge in [0.15, 0.2) is 0 Å². The fourth-order valence-corrected chi connectivity index (χ4v) is 4.10. The number of ether oxygens (including phenoxy) is 2. The summed E-state index contributed by atoms with van der Waals surface area (Å²) < 4.78 is 13.7. The number of benzene rings is 1. The van der Waals surface area contributed by atoms with Gasteiger partial charge in [0.25, 0.3) is 0 Å². The fraction of sp³-hybridized carbons (Fsp3) is 0.526. The largest absolute Gasteiger partial charge is 0.497 e. The lowest BCUT2D eigenvalue weighted by atomic mass is 9.88. The van der Waals surface area contributed by atoms with E-state index in [4.69, 9.17) is 9.47 Å². The van der Waals surface area contributed by atoms with Gasteiger partial charge in [-0.15, -0.1) is 0 Å². The van der Waals surface area contributed by atoms with E-state index in [1.54, 1.807) is 7.11 Å². The molecule has 0 bridgehead atoms. The lowest BCUT2D eigenvalue weighted by Crippen LogP contribution is -2.47. The number of rotatable bonds is 4. The van der Waals surface area contributed by atoms with Crippen LogP contribution in [-0.2, 0) is 11.3 Å². The van der Waals surface area contributed by atoms with Crippen LogP contribution in [0.5, 0.6) is 5.75 Å². The zero-order valence-electron chi connectivity index (χ0n) is 14.2. The van der Waals surface area contributed by atoms with Crippen LogP contribution in [-0.4, -0.2) is 46.9 Å². The number of nitrogens with zero attached hydrogens (tertiary/aromatic N) is 3. The van der Waals surface area contributed by atoms with Gasteiger partial charge in [0.2, 0.25) is 0 Å². The summed E-state index contributed by atoms with van der Waals surface area (Å²) in [7, 11) is 1.71. The fourth-order valence-electron chi connectivity index (χ4n) is 4.10. The third kappa shape index (κ3) is 3.19. The normalized spacial score (nSPS) is 27.6. The Balaban J connectivity index is 1.40. The Hall–Kier alpha value is -1.85. The number of piperidine rings is 1. The van der Waals surface area contributed by atoms with E-state index in [0.29, 0.717) is 6.04 Å². The van der Waals surface area contributed by atoms with E-state index in [9.17, 15) is 0 Å². The van der Waals surface area contributed by atoms with Crippen molar-refractivity contribution < 1.29 is 9.47 Å². The van der Waals surface area contributed by atoms with E-state index >= 15 is 0 Å². The van der Waals surface area contributed by atoms with Crippen LogP contribution in [0.15, 0.2) is 43.0 Å². The molecule has 2 atom stereocenters. The molecule has 0 saturated carbocycles. The van der Waals surface area contributed by atoms with Gasteiger partial charge >= 0.3 is 0 Å². The Morgan fingerprint density at radius 2 is 2.21 bits per heavy atom. The summed E-state index contributed by atoms with van der Waals surface area (Å²) in [5, 5.41) is 0. The molecular weight excluding hydrogens is 302 g/mol. The predicted octanol–water partition coefficient (Wildman–Crippen LogP) is 2.89. The molecule has 3 heterocycles. The minimum absolute atomic E-state index is 0.0135. The van der Waals surface area contributed by atoms with Gasteiger partial charge in [0.05, 0.1) is 31.7 Å². The first-order valence-corrected chi connectivity index (χ1v) is 8.73. The maximum atomic E-state index is 6.31. The Kier molecular flexibility index (Phi) is 4.29. The van der Waals surface area contributed by atoms with Crippen molar-refractivity contribution in [3.63, 3.8) is 0 Å². The Morgan fingerprint density at radius 1 is 1.33 bits per heavy atom. The lowest BCUT2D eigenvalue weighted by molar-refractivity contribution is -0.0534. The second kappa shape index (κ2) is 6.57. The summed E-state index contributed by atoms with van der Waals surface area (Å²) in [6.45, 7) is 3.94. The first-order chi connectivity index (χ1) is 11.8. The van der Waals surface area contributed by atoms with Crippen molar-refractivity contribution >= 4 is 0 Å². The number of imidazole rings is 1. The Morgan fingerprint density at radius 3 is 2.96 bits per heavy atom. The van der Waals surface area contributed by atoms with Crippen LogP contribution in [0, 0.1) is 0 Å². The molecule has 5 nitrogen and oxygen atoms in total. The number of aromatic nitrogens is 2. The average Bonchev–Trinajstić information content (AvgIpc) is 3.26. The van der Waals surface area contributed by atoms with Crippen LogP contribution in [0.2, 0.25) is 0 Å². The molecule has 1 spiro atoms. The van der Waals surface area contributed by atoms with Gasteiger partial charge in [-0.2, -0.15) is 0 Å². The quantitative estimate of drug-likeness (QED) is 0.866. The molecule has 4 rings (SSSR count). The van der Waals surface area contributed by atoms with E-state index in [-0.39, 0.29) is 5.60 Å². The van der Waals surface area contributed by atoms with Crippen molar-refractivity contribution in [1.82, 2.24) is 14.5 Å². The van der Waals surface area contributed by atoms with Crippen molar-refractivity contribution in [3.05, 3.63) is 48.5 Å². The third-order valence-electron chi connectivity index (χ3n) is 5.32. The first kappa shape index (κ1) is 15.7. The average molecular weight is 327 g/mol. The molecule has 1 aromatic carbocycles. The molecule has 2 aromatic rings. The highest BCUT2D eigenvalue weighted by atomic mass is 16.5. The number of likely N-dealkylation sites (tertiary alicyclic amines) is 1.